The molecule has 2 aromatic rings. The minimum Gasteiger partial charge on any atom is -0.491 e. The van der Waals surface area contributed by atoms with E-state index in [0.29, 0.717) is 0 Å². The summed E-state index contributed by atoms with van der Waals surface area (Å²) in [5, 5.41) is 0. The van der Waals surface area contributed by atoms with Gasteiger partial charge >= 0.3 is 0 Å². The first-order chi connectivity index (χ1) is 9.06. The topological polar surface area (TPSA) is 38.5 Å². The predicted octanol–water partition coefficient (Wildman–Crippen LogP) is 3.82. The fourth-order valence-corrected chi connectivity index (χ4v) is 1.87. The van der Waals surface area contributed by atoms with Gasteiger partial charge in [0.05, 0.1) is 6.10 Å². The fraction of sp³-hybridized carbons (Fsp3) is 0.250. The van der Waals surface area contributed by atoms with E-state index in [4.69, 9.17) is 10.5 Å². The molecule has 0 fully saturated rings. The molecule has 2 aromatic carbocycles. The molecule has 0 amide bonds. The van der Waals surface area contributed by atoms with Crippen molar-refractivity contribution in [2.45, 2.75) is 20.0 Å². The van der Waals surface area contributed by atoms with Gasteiger partial charge in [-0.05, 0) is 62.4 Å². The molecule has 2 rings (SSSR count). The number of anilines is 3. The van der Waals surface area contributed by atoms with Gasteiger partial charge in [0, 0.05) is 24.1 Å². The van der Waals surface area contributed by atoms with Crippen LogP contribution in [0.2, 0.25) is 0 Å². The molecule has 3 heteroatoms. The molecule has 100 valence electrons. The number of nitrogens with two attached hydrogens (primary N) is 1. The van der Waals surface area contributed by atoms with Crippen LogP contribution in [0, 0.1) is 0 Å². The molecule has 0 aliphatic rings. The Morgan fingerprint density at radius 3 is 1.84 bits per heavy atom. The molecule has 0 atom stereocenters. The largest absolute Gasteiger partial charge is 0.491 e. The molecule has 0 aliphatic carbocycles. The van der Waals surface area contributed by atoms with Crippen molar-refractivity contribution in [3.8, 4) is 5.75 Å². The Morgan fingerprint density at radius 1 is 0.895 bits per heavy atom. The normalized spacial score (nSPS) is 10.5. The van der Waals surface area contributed by atoms with Crippen LogP contribution in [0.15, 0.2) is 48.5 Å². The Labute approximate surface area is 114 Å². The van der Waals surface area contributed by atoms with Gasteiger partial charge in [0.15, 0.2) is 0 Å². The first-order valence-corrected chi connectivity index (χ1v) is 6.42. The van der Waals surface area contributed by atoms with Crippen molar-refractivity contribution in [2.24, 2.45) is 0 Å². The zero-order valence-corrected chi connectivity index (χ0v) is 11.6. The maximum atomic E-state index is 5.70. The van der Waals surface area contributed by atoms with E-state index in [1.54, 1.807) is 0 Å². The van der Waals surface area contributed by atoms with E-state index in [0.717, 1.165) is 22.8 Å². The number of benzene rings is 2. The maximum absolute atomic E-state index is 5.70. The van der Waals surface area contributed by atoms with Crippen LogP contribution >= 0.6 is 0 Å². The SMILES string of the molecule is CC(C)Oc1ccc(N(C)c2ccc(N)cc2)cc1. The van der Waals surface area contributed by atoms with Gasteiger partial charge in [0.2, 0.25) is 0 Å². The molecule has 19 heavy (non-hydrogen) atoms. The molecule has 0 aromatic heterocycles. The highest BCUT2D eigenvalue weighted by atomic mass is 16.5. The molecule has 0 unspecified atom stereocenters. The summed E-state index contributed by atoms with van der Waals surface area (Å²) in [6, 6.07) is 15.9. The number of nitrogens with zero attached hydrogens (tertiary/aromatic N) is 1. The van der Waals surface area contributed by atoms with Gasteiger partial charge in [0.25, 0.3) is 0 Å². The monoisotopic (exact) mass is 256 g/mol. The number of hydrogen-bond acceptors (Lipinski definition) is 3. The molecule has 0 aliphatic heterocycles. The van der Waals surface area contributed by atoms with Crippen molar-refractivity contribution in [3.05, 3.63) is 48.5 Å². The smallest absolute Gasteiger partial charge is 0.119 e. The molecular formula is C16H20N2O. The summed E-state index contributed by atoms with van der Waals surface area (Å²) in [6.07, 6.45) is 0.195. The second-order valence-corrected chi connectivity index (χ2v) is 4.81. The lowest BCUT2D eigenvalue weighted by atomic mass is 10.2. The van der Waals surface area contributed by atoms with Gasteiger partial charge in [-0.1, -0.05) is 0 Å². The summed E-state index contributed by atoms with van der Waals surface area (Å²) < 4.78 is 5.64. The Morgan fingerprint density at radius 2 is 1.37 bits per heavy atom. The van der Waals surface area contributed by atoms with Gasteiger partial charge in [-0.15, -0.1) is 0 Å². The summed E-state index contributed by atoms with van der Waals surface area (Å²) in [5.41, 5.74) is 8.69. The van der Waals surface area contributed by atoms with Crippen LogP contribution < -0.4 is 15.4 Å². The fourth-order valence-electron chi connectivity index (χ4n) is 1.87. The second-order valence-electron chi connectivity index (χ2n) is 4.81. The van der Waals surface area contributed by atoms with Gasteiger partial charge < -0.3 is 15.4 Å². The Hall–Kier alpha value is -2.16. The molecule has 0 saturated heterocycles. The van der Waals surface area contributed by atoms with E-state index < -0.39 is 0 Å². The third-order valence-corrected chi connectivity index (χ3v) is 2.88. The van der Waals surface area contributed by atoms with Gasteiger partial charge in [-0.3, -0.25) is 0 Å². The summed E-state index contributed by atoms with van der Waals surface area (Å²) >= 11 is 0. The number of hydrogen-bond donors (Lipinski definition) is 1. The van der Waals surface area contributed by atoms with Crippen LogP contribution in [-0.2, 0) is 0 Å². The minimum atomic E-state index is 0.195. The lowest BCUT2D eigenvalue weighted by Gasteiger charge is -2.20. The van der Waals surface area contributed by atoms with Crippen molar-refractivity contribution in [1.82, 2.24) is 0 Å². The summed E-state index contributed by atoms with van der Waals surface area (Å²) in [4.78, 5) is 2.11. The van der Waals surface area contributed by atoms with E-state index in [-0.39, 0.29) is 6.10 Å². The van der Waals surface area contributed by atoms with Crippen molar-refractivity contribution in [2.75, 3.05) is 17.7 Å². The highest BCUT2D eigenvalue weighted by molar-refractivity contribution is 5.64. The van der Waals surface area contributed by atoms with Gasteiger partial charge in [0.1, 0.15) is 5.75 Å². The standard InChI is InChI=1S/C16H20N2O/c1-12(2)19-16-10-8-15(9-11-16)18(3)14-6-4-13(17)5-7-14/h4-12H,17H2,1-3H3. The van der Waals surface area contributed by atoms with Crippen LogP contribution in [-0.4, -0.2) is 13.2 Å². The van der Waals surface area contributed by atoms with Crippen molar-refractivity contribution < 1.29 is 4.74 Å². The van der Waals surface area contributed by atoms with Crippen LogP contribution in [0.3, 0.4) is 0 Å². The lowest BCUT2D eigenvalue weighted by molar-refractivity contribution is 0.242. The van der Waals surface area contributed by atoms with Crippen molar-refractivity contribution >= 4 is 17.1 Å². The van der Waals surface area contributed by atoms with Crippen LogP contribution in [0.5, 0.6) is 5.75 Å². The quantitative estimate of drug-likeness (QED) is 0.845. The van der Waals surface area contributed by atoms with E-state index in [1.807, 2.05) is 69.4 Å². The Kier molecular flexibility index (Phi) is 3.95. The Bertz CT molecular complexity index is 517. The molecule has 0 bridgehead atoms. The molecule has 3 nitrogen and oxygen atoms in total. The Balaban J connectivity index is 2.15. The summed E-state index contributed by atoms with van der Waals surface area (Å²) in [5.74, 6) is 0.893. The summed E-state index contributed by atoms with van der Waals surface area (Å²) in [7, 11) is 2.03. The zero-order chi connectivity index (χ0) is 13.8. The van der Waals surface area contributed by atoms with E-state index in [1.165, 1.54) is 0 Å². The predicted molar refractivity (Wildman–Crippen MR) is 81.1 cm³/mol. The second kappa shape index (κ2) is 5.65. The minimum absolute atomic E-state index is 0.195. The lowest BCUT2D eigenvalue weighted by Crippen LogP contribution is -2.10. The molecule has 2 N–H and O–H groups in total. The van der Waals surface area contributed by atoms with Crippen LogP contribution in [0.1, 0.15) is 13.8 Å². The van der Waals surface area contributed by atoms with Crippen LogP contribution in [0.25, 0.3) is 0 Å². The van der Waals surface area contributed by atoms with E-state index in [2.05, 4.69) is 4.90 Å². The third-order valence-electron chi connectivity index (χ3n) is 2.88. The molecule has 0 heterocycles. The highest BCUT2D eigenvalue weighted by Crippen LogP contribution is 2.26. The number of nitrogen functional groups attached to an aromatic ring is 1. The molecule has 0 spiro atoms. The number of ether oxygens (including phenoxy) is 1. The van der Waals surface area contributed by atoms with E-state index in [9.17, 15) is 0 Å². The first kappa shape index (κ1) is 13.3. The van der Waals surface area contributed by atoms with Crippen LogP contribution in [0.4, 0.5) is 17.1 Å². The number of rotatable bonds is 4. The molecule has 0 radical (unpaired) electrons. The third kappa shape index (κ3) is 3.41. The summed E-state index contributed by atoms with van der Waals surface area (Å²) in [6.45, 7) is 4.04. The first-order valence-electron chi connectivity index (χ1n) is 6.42. The van der Waals surface area contributed by atoms with E-state index >= 15 is 0 Å². The maximum Gasteiger partial charge on any atom is 0.119 e. The van der Waals surface area contributed by atoms with Gasteiger partial charge in [-0.25, -0.2) is 0 Å². The average Bonchev–Trinajstić information content (AvgIpc) is 2.39. The average molecular weight is 256 g/mol. The van der Waals surface area contributed by atoms with Crippen molar-refractivity contribution in [3.63, 3.8) is 0 Å². The molecular weight excluding hydrogens is 236 g/mol. The molecule has 0 saturated carbocycles. The highest BCUT2D eigenvalue weighted by Gasteiger charge is 2.04. The van der Waals surface area contributed by atoms with Gasteiger partial charge in [-0.2, -0.15) is 0 Å². The zero-order valence-electron chi connectivity index (χ0n) is 11.6. The van der Waals surface area contributed by atoms with Crippen molar-refractivity contribution in [1.29, 1.82) is 0 Å².